The van der Waals surface area contributed by atoms with Gasteiger partial charge in [-0.25, -0.2) is 19.3 Å². The van der Waals surface area contributed by atoms with Crippen LogP contribution >= 0.6 is 0 Å². The van der Waals surface area contributed by atoms with Gasteiger partial charge < -0.3 is 9.52 Å². The number of benzene rings is 2. The molecule has 3 aromatic rings. The van der Waals surface area contributed by atoms with Crippen molar-refractivity contribution < 1.29 is 27.1 Å². The Kier molecular flexibility index (Phi) is 4.45. The summed E-state index contributed by atoms with van der Waals surface area (Å²) in [6, 6.07) is 11.3. The van der Waals surface area contributed by atoms with Gasteiger partial charge in [0.25, 0.3) is 10.2 Å². The topological polar surface area (TPSA) is 136 Å². The van der Waals surface area contributed by atoms with Crippen molar-refractivity contribution in [3.05, 3.63) is 60.0 Å². The molecule has 26 heavy (non-hydrogen) atoms. The van der Waals surface area contributed by atoms with E-state index in [1.165, 1.54) is 42.5 Å². The van der Waals surface area contributed by atoms with Crippen molar-refractivity contribution in [2.24, 2.45) is 5.14 Å². The van der Waals surface area contributed by atoms with Crippen LogP contribution in [-0.4, -0.2) is 24.5 Å². The van der Waals surface area contributed by atoms with Crippen LogP contribution in [0, 0.1) is 5.82 Å². The monoisotopic (exact) mass is 377 g/mol. The van der Waals surface area contributed by atoms with Gasteiger partial charge in [0.15, 0.2) is 11.5 Å². The molecule has 0 saturated heterocycles. The first-order chi connectivity index (χ1) is 12.2. The molecule has 0 saturated carbocycles. The molecule has 0 aliphatic carbocycles. The predicted molar refractivity (Wildman–Crippen MR) is 91.0 cm³/mol. The van der Waals surface area contributed by atoms with E-state index in [4.69, 9.17) is 9.56 Å². The molecule has 0 aliphatic rings. The summed E-state index contributed by atoms with van der Waals surface area (Å²) in [5.41, 5.74) is 0.128. The van der Waals surface area contributed by atoms with Crippen LogP contribution in [0.15, 0.2) is 52.9 Å². The Hall–Kier alpha value is -3.24. The zero-order chi connectivity index (χ0) is 18.9. The fraction of sp³-hybridized carbons (Fsp3) is 0. The number of oxazole rings is 1. The number of carboxylic acid groups (broad SMARTS) is 1. The van der Waals surface area contributed by atoms with Gasteiger partial charge in [0.1, 0.15) is 5.82 Å². The average molecular weight is 377 g/mol. The fourth-order valence-corrected chi connectivity index (χ4v) is 2.73. The van der Waals surface area contributed by atoms with Crippen LogP contribution in [0.3, 0.4) is 0 Å². The first-order valence-electron chi connectivity index (χ1n) is 7.14. The van der Waals surface area contributed by atoms with Gasteiger partial charge in [0.2, 0.25) is 5.89 Å². The third-order valence-electron chi connectivity index (χ3n) is 3.34. The van der Waals surface area contributed by atoms with Crippen LogP contribution in [0.1, 0.15) is 10.5 Å². The van der Waals surface area contributed by atoms with Crippen molar-refractivity contribution in [1.82, 2.24) is 4.98 Å². The first-order valence-corrected chi connectivity index (χ1v) is 8.69. The number of carbonyl (C=O) groups is 1. The van der Waals surface area contributed by atoms with Crippen LogP contribution in [0.2, 0.25) is 0 Å². The Labute approximate surface area is 147 Å². The first kappa shape index (κ1) is 17.6. The van der Waals surface area contributed by atoms with E-state index in [0.717, 1.165) is 0 Å². The number of nitrogens with zero attached hydrogens (tertiary/aromatic N) is 1. The van der Waals surface area contributed by atoms with Gasteiger partial charge in [0, 0.05) is 11.3 Å². The normalized spacial score (nSPS) is 11.3. The lowest BCUT2D eigenvalue weighted by molar-refractivity contribution is 0.0691. The van der Waals surface area contributed by atoms with Crippen molar-refractivity contribution in [3.63, 3.8) is 0 Å². The second-order valence-electron chi connectivity index (χ2n) is 5.21. The summed E-state index contributed by atoms with van der Waals surface area (Å²) in [6.07, 6.45) is 0. The number of aromatic nitrogens is 1. The summed E-state index contributed by atoms with van der Waals surface area (Å²) in [4.78, 5) is 15.3. The Bertz CT molecular complexity index is 1080. The largest absolute Gasteiger partial charge is 0.476 e. The molecule has 0 amide bonds. The molecule has 3 rings (SSSR count). The van der Waals surface area contributed by atoms with Crippen molar-refractivity contribution in [1.29, 1.82) is 0 Å². The van der Waals surface area contributed by atoms with E-state index in [9.17, 15) is 22.7 Å². The second kappa shape index (κ2) is 6.58. The molecule has 0 radical (unpaired) electrons. The van der Waals surface area contributed by atoms with Gasteiger partial charge >= 0.3 is 5.97 Å². The second-order valence-corrected chi connectivity index (χ2v) is 6.50. The van der Waals surface area contributed by atoms with E-state index in [0.29, 0.717) is 5.56 Å². The molecule has 0 aliphatic heterocycles. The van der Waals surface area contributed by atoms with Crippen molar-refractivity contribution in [2.75, 3.05) is 4.72 Å². The Balaban J connectivity index is 2.04. The third-order valence-corrected chi connectivity index (χ3v) is 3.86. The molecule has 134 valence electrons. The Morgan fingerprint density at radius 3 is 2.38 bits per heavy atom. The summed E-state index contributed by atoms with van der Waals surface area (Å²) in [5, 5.41) is 14.2. The number of nitrogens with two attached hydrogens (primary N) is 1. The molecule has 0 unspecified atom stereocenters. The van der Waals surface area contributed by atoms with E-state index in [2.05, 4.69) is 9.71 Å². The summed E-state index contributed by atoms with van der Waals surface area (Å²) in [6.45, 7) is 0. The molecule has 1 aromatic heterocycles. The van der Waals surface area contributed by atoms with Crippen LogP contribution in [0.25, 0.3) is 22.8 Å². The van der Waals surface area contributed by atoms with Crippen molar-refractivity contribution in [2.45, 2.75) is 0 Å². The SMILES string of the molecule is NS(=O)(=O)Nc1ccc(-c2oc(-c3ccccc3F)nc2C(=O)O)cc1. The van der Waals surface area contributed by atoms with Gasteiger partial charge in [-0.15, -0.1) is 0 Å². The van der Waals surface area contributed by atoms with Crippen LogP contribution in [0.4, 0.5) is 10.1 Å². The highest BCUT2D eigenvalue weighted by atomic mass is 32.2. The van der Waals surface area contributed by atoms with Crippen molar-refractivity contribution in [3.8, 4) is 22.8 Å². The Morgan fingerprint density at radius 2 is 1.81 bits per heavy atom. The summed E-state index contributed by atoms with van der Waals surface area (Å²) >= 11 is 0. The lowest BCUT2D eigenvalue weighted by Crippen LogP contribution is -2.21. The number of carboxylic acids is 1. The van der Waals surface area contributed by atoms with E-state index < -0.39 is 27.7 Å². The highest BCUT2D eigenvalue weighted by molar-refractivity contribution is 7.90. The zero-order valence-electron chi connectivity index (χ0n) is 13.0. The highest BCUT2D eigenvalue weighted by Crippen LogP contribution is 2.31. The maximum absolute atomic E-state index is 13.9. The van der Waals surface area contributed by atoms with E-state index in [1.807, 2.05) is 0 Å². The number of hydrogen-bond acceptors (Lipinski definition) is 5. The standard InChI is InChI=1S/C16H12FN3O5S/c17-12-4-2-1-3-11(12)15-19-13(16(21)22)14(25-15)9-5-7-10(8-6-9)20-26(18,23)24/h1-8,20H,(H,21,22)(H2,18,23,24). The quantitative estimate of drug-likeness (QED) is 0.625. The smallest absolute Gasteiger partial charge is 0.358 e. The maximum Gasteiger partial charge on any atom is 0.358 e. The molecule has 0 fully saturated rings. The predicted octanol–water partition coefficient (Wildman–Crippen LogP) is 2.46. The number of rotatable bonds is 5. The van der Waals surface area contributed by atoms with E-state index in [-0.39, 0.29) is 22.9 Å². The molecule has 10 heteroatoms. The van der Waals surface area contributed by atoms with Gasteiger partial charge in [-0.05, 0) is 36.4 Å². The Morgan fingerprint density at radius 1 is 1.15 bits per heavy atom. The minimum absolute atomic E-state index is 0.0220. The number of hydrogen-bond donors (Lipinski definition) is 3. The molecule has 0 spiro atoms. The molecule has 0 bridgehead atoms. The van der Waals surface area contributed by atoms with Gasteiger partial charge in [-0.1, -0.05) is 12.1 Å². The molecular formula is C16H12FN3O5S. The molecule has 2 aromatic carbocycles. The molecule has 1 heterocycles. The summed E-state index contributed by atoms with van der Waals surface area (Å²) < 4.78 is 43.5. The number of aromatic carboxylic acids is 1. The number of anilines is 1. The van der Waals surface area contributed by atoms with Crippen molar-refractivity contribution >= 4 is 21.9 Å². The van der Waals surface area contributed by atoms with Crippen LogP contribution in [-0.2, 0) is 10.2 Å². The number of halogens is 1. The van der Waals surface area contributed by atoms with E-state index in [1.54, 1.807) is 6.07 Å². The lowest BCUT2D eigenvalue weighted by Gasteiger charge is -2.04. The minimum atomic E-state index is -3.93. The third kappa shape index (κ3) is 3.71. The van der Waals surface area contributed by atoms with Crippen LogP contribution < -0.4 is 9.86 Å². The molecule has 4 N–H and O–H groups in total. The highest BCUT2D eigenvalue weighted by Gasteiger charge is 2.23. The lowest BCUT2D eigenvalue weighted by atomic mass is 10.1. The van der Waals surface area contributed by atoms with Gasteiger partial charge in [-0.2, -0.15) is 8.42 Å². The summed E-state index contributed by atoms with van der Waals surface area (Å²) in [7, 11) is -3.93. The molecule has 0 atom stereocenters. The van der Waals surface area contributed by atoms with Crippen LogP contribution in [0.5, 0.6) is 0 Å². The summed E-state index contributed by atoms with van der Waals surface area (Å²) in [5.74, 6) is -2.22. The zero-order valence-corrected chi connectivity index (χ0v) is 13.8. The van der Waals surface area contributed by atoms with E-state index >= 15 is 0 Å². The fourth-order valence-electron chi connectivity index (χ4n) is 2.26. The minimum Gasteiger partial charge on any atom is -0.476 e. The molecule has 8 nitrogen and oxygen atoms in total. The van der Waals surface area contributed by atoms with Gasteiger partial charge in [0.05, 0.1) is 5.56 Å². The molecular weight excluding hydrogens is 365 g/mol. The maximum atomic E-state index is 13.9. The van der Waals surface area contributed by atoms with Gasteiger partial charge in [-0.3, -0.25) is 4.72 Å². The number of nitrogens with one attached hydrogen (secondary N) is 1. The average Bonchev–Trinajstić information content (AvgIpc) is 3.00.